The van der Waals surface area contributed by atoms with E-state index >= 15 is 0 Å². The molecule has 2 atom stereocenters. The number of rotatable bonds is 2. The van der Waals surface area contributed by atoms with Crippen molar-refractivity contribution in [2.75, 3.05) is 25.1 Å². The molecule has 0 amide bonds. The van der Waals surface area contributed by atoms with Crippen LogP contribution in [0.5, 0.6) is 5.75 Å². The number of ether oxygens (including phenoxy) is 1. The van der Waals surface area contributed by atoms with E-state index in [9.17, 15) is 5.11 Å². The highest BCUT2D eigenvalue weighted by Gasteiger charge is 2.25. The maximum atomic E-state index is 9.75. The maximum Gasteiger partial charge on any atom is 0.121 e. The number of nitrogens with zero attached hydrogens (tertiary/aromatic N) is 2. The van der Waals surface area contributed by atoms with Crippen LogP contribution in [0.2, 0.25) is 0 Å². The molecular formula is C14H18N2O2. The zero-order valence-corrected chi connectivity index (χ0v) is 10.8. The minimum absolute atomic E-state index is 0.219. The summed E-state index contributed by atoms with van der Waals surface area (Å²) in [6.45, 7) is 3.57. The molecule has 0 aromatic heterocycles. The van der Waals surface area contributed by atoms with E-state index in [0.717, 1.165) is 30.9 Å². The molecule has 1 aliphatic heterocycles. The number of benzene rings is 1. The van der Waals surface area contributed by atoms with Crippen molar-refractivity contribution in [3.05, 3.63) is 23.8 Å². The Bertz CT molecular complexity index is 467. The molecule has 1 aromatic rings. The molecule has 2 rings (SSSR count). The van der Waals surface area contributed by atoms with E-state index in [-0.39, 0.29) is 12.0 Å². The first kappa shape index (κ1) is 12.7. The smallest absolute Gasteiger partial charge is 0.121 e. The van der Waals surface area contributed by atoms with Gasteiger partial charge in [0.05, 0.1) is 24.5 Å². The Morgan fingerprint density at radius 2 is 2.28 bits per heavy atom. The van der Waals surface area contributed by atoms with Gasteiger partial charge >= 0.3 is 0 Å². The summed E-state index contributed by atoms with van der Waals surface area (Å²) in [5.74, 6) is 0.972. The van der Waals surface area contributed by atoms with E-state index in [1.165, 1.54) is 0 Å². The van der Waals surface area contributed by atoms with Crippen molar-refractivity contribution in [2.45, 2.75) is 19.4 Å². The van der Waals surface area contributed by atoms with Gasteiger partial charge in [0.2, 0.25) is 0 Å². The lowest BCUT2D eigenvalue weighted by atomic mass is 9.95. The second-order valence-electron chi connectivity index (χ2n) is 4.77. The van der Waals surface area contributed by atoms with Crippen LogP contribution in [0.15, 0.2) is 18.2 Å². The van der Waals surface area contributed by atoms with Gasteiger partial charge in [-0.25, -0.2) is 0 Å². The molecule has 4 heteroatoms. The van der Waals surface area contributed by atoms with Crippen LogP contribution in [-0.2, 0) is 0 Å². The quantitative estimate of drug-likeness (QED) is 0.864. The van der Waals surface area contributed by atoms with Crippen LogP contribution in [0.3, 0.4) is 0 Å². The average molecular weight is 246 g/mol. The van der Waals surface area contributed by atoms with E-state index in [0.29, 0.717) is 5.56 Å². The van der Waals surface area contributed by atoms with Crippen LogP contribution in [0.1, 0.15) is 18.9 Å². The Morgan fingerprint density at radius 3 is 2.89 bits per heavy atom. The van der Waals surface area contributed by atoms with Crippen LogP contribution in [-0.4, -0.2) is 31.4 Å². The normalized spacial score (nSPS) is 23.6. The summed E-state index contributed by atoms with van der Waals surface area (Å²) in [5.41, 5.74) is 1.55. The molecule has 18 heavy (non-hydrogen) atoms. The average Bonchev–Trinajstić information content (AvgIpc) is 2.41. The zero-order chi connectivity index (χ0) is 13.1. The highest BCUT2D eigenvalue weighted by atomic mass is 16.5. The third-order valence-corrected chi connectivity index (χ3v) is 3.53. The minimum Gasteiger partial charge on any atom is -0.497 e. The van der Waals surface area contributed by atoms with Gasteiger partial charge in [-0.3, -0.25) is 0 Å². The van der Waals surface area contributed by atoms with Crippen LogP contribution in [0, 0.1) is 17.2 Å². The number of anilines is 1. The molecule has 1 N–H and O–H groups in total. The van der Waals surface area contributed by atoms with Crippen LogP contribution >= 0.6 is 0 Å². The number of aliphatic hydroxyl groups excluding tert-OH is 1. The van der Waals surface area contributed by atoms with Crippen molar-refractivity contribution in [3.8, 4) is 11.8 Å². The third-order valence-electron chi connectivity index (χ3n) is 3.53. The summed E-state index contributed by atoms with van der Waals surface area (Å²) in [7, 11) is 1.62. The molecule has 0 spiro atoms. The van der Waals surface area contributed by atoms with Crippen molar-refractivity contribution >= 4 is 5.69 Å². The first-order chi connectivity index (χ1) is 8.65. The van der Waals surface area contributed by atoms with Gasteiger partial charge in [0, 0.05) is 19.2 Å². The van der Waals surface area contributed by atoms with E-state index in [4.69, 9.17) is 10.00 Å². The number of nitriles is 1. The summed E-state index contributed by atoms with van der Waals surface area (Å²) in [5, 5.41) is 18.9. The van der Waals surface area contributed by atoms with Gasteiger partial charge in [-0.15, -0.1) is 0 Å². The predicted octanol–water partition coefficient (Wildman–Crippen LogP) is 1.77. The topological polar surface area (TPSA) is 56.5 Å². The number of aliphatic hydroxyl groups is 1. The Hall–Kier alpha value is -1.73. The number of hydrogen-bond acceptors (Lipinski definition) is 4. The second-order valence-corrected chi connectivity index (χ2v) is 4.77. The van der Waals surface area contributed by atoms with Gasteiger partial charge in [0.25, 0.3) is 0 Å². The van der Waals surface area contributed by atoms with Gasteiger partial charge in [0.15, 0.2) is 0 Å². The molecule has 0 radical (unpaired) electrons. The fraction of sp³-hybridized carbons (Fsp3) is 0.500. The Kier molecular flexibility index (Phi) is 3.73. The van der Waals surface area contributed by atoms with Crippen LogP contribution in [0.25, 0.3) is 0 Å². The standard InChI is InChI=1S/C14H18N2O2/c1-10-9-16(6-5-14(10)17)13-7-12(18-2)4-3-11(13)8-15/h3-4,7,10,14,17H,5-6,9H2,1-2H3. The minimum atomic E-state index is -0.239. The first-order valence-corrected chi connectivity index (χ1v) is 6.17. The fourth-order valence-corrected chi connectivity index (χ4v) is 2.35. The van der Waals surface area contributed by atoms with Gasteiger partial charge in [-0.2, -0.15) is 5.26 Å². The molecule has 0 saturated carbocycles. The van der Waals surface area contributed by atoms with Crippen molar-refractivity contribution < 1.29 is 9.84 Å². The largest absolute Gasteiger partial charge is 0.497 e. The molecule has 96 valence electrons. The van der Waals surface area contributed by atoms with Crippen molar-refractivity contribution in [1.82, 2.24) is 0 Å². The fourth-order valence-electron chi connectivity index (χ4n) is 2.35. The van der Waals surface area contributed by atoms with E-state index in [1.807, 2.05) is 13.0 Å². The zero-order valence-electron chi connectivity index (χ0n) is 10.8. The summed E-state index contributed by atoms with van der Waals surface area (Å²) in [6.07, 6.45) is 0.501. The monoisotopic (exact) mass is 246 g/mol. The predicted molar refractivity (Wildman–Crippen MR) is 69.7 cm³/mol. The van der Waals surface area contributed by atoms with Crippen LogP contribution in [0.4, 0.5) is 5.69 Å². The molecule has 0 aliphatic carbocycles. The van der Waals surface area contributed by atoms with E-state index in [2.05, 4.69) is 11.0 Å². The first-order valence-electron chi connectivity index (χ1n) is 6.17. The van der Waals surface area contributed by atoms with Crippen molar-refractivity contribution in [3.63, 3.8) is 0 Å². The molecule has 1 heterocycles. The lowest BCUT2D eigenvalue weighted by molar-refractivity contribution is 0.0971. The number of methoxy groups -OCH3 is 1. The van der Waals surface area contributed by atoms with E-state index < -0.39 is 0 Å². The third kappa shape index (κ3) is 2.41. The summed E-state index contributed by atoms with van der Waals surface area (Å²) in [6, 6.07) is 7.68. The van der Waals surface area contributed by atoms with Gasteiger partial charge < -0.3 is 14.7 Å². The lowest BCUT2D eigenvalue weighted by Gasteiger charge is -2.36. The molecule has 1 aromatic carbocycles. The Morgan fingerprint density at radius 1 is 1.50 bits per heavy atom. The molecule has 1 aliphatic rings. The number of hydrogen-bond donors (Lipinski definition) is 1. The van der Waals surface area contributed by atoms with Gasteiger partial charge in [-0.05, 0) is 24.5 Å². The SMILES string of the molecule is COc1ccc(C#N)c(N2CCC(O)C(C)C2)c1. The molecule has 0 bridgehead atoms. The molecule has 1 fully saturated rings. The highest BCUT2D eigenvalue weighted by molar-refractivity contribution is 5.62. The summed E-state index contributed by atoms with van der Waals surface area (Å²) >= 11 is 0. The molecule has 1 saturated heterocycles. The number of piperidine rings is 1. The van der Waals surface area contributed by atoms with Crippen molar-refractivity contribution in [1.29, 1.82) is 5.26 Å². The summed E-state index contributed by atoms with van der Waals surface area (Å²) in [4.78, 5) is 2.15. The lowest BCUT2D eigenvalue weighted by Crippen LogP contribution is -2.42. The Balaban J connectivity index is 2.29. The second kappa shape index (κ2) is 5.28. The van der Waals surface area contributed by atoms with E-state index in [1.54, 1.807) is 19.2 Å². The van der Waals surface area contributed by atoms with Crippen LogP contribution < -0.4 is 9.64 Å². The Labute approximate surface area is 107 Å². The molecular weight excluding hydrogens is 228 g/mol. The summed E-state index contributed by atoms with van der Waals surface area (Å²) < 4.78 is 5.21. The van der Waals surface area contributed by atoms with Gasteiger partial charge in [-0.1, -0.05) is 6.92 Å². The molecule has 2 unspecified atom stereocenters. The highest BCUT2D eigenvalue weighted by Crippen LogP contribution is 2.29. The maximum absolute atomic E-state index is 9.75. The van der Waals surface area contributed by atoms with Gasteiger partial charge in [0.1, 0.15) is 11.8 Å². The molecule has 4 nitrogen and oxygen atoms in total. The van der Waals surface area contributed by atoms with Crippen molar-refractivity contribution in [2.24, 2.45) is 5.92 Å².